The minimum atomic E-state index is -4.47. The molecule has 0 aliphatic heterocycles. The van der Waals surface area contributed by atoms with Crippen LogP contribution in [-0.4, -0.2) is 16.1 Å². The molecule has 3 N–H and O–H groups in total. The van der Waals surface area contributed by atoms with Crippen molar-refractivity contribution in [1.29, 1.82) is 0 Å². The van der Waals surface area contributed by atoms with E-state index in [9.17, 15) is 18.0 Å². The van der Waals surface area contributed by atoms with E-state index in [0.717, 1.165) is 24.4 Å². The summed E-state index contributed by atoms with van der Waals surface area (Å²) < 4.78 is 37.9. The molecule has 4 nitrogen and oxygen atoms in total. The first-order valence-corrected chi connectivity index (χ1v) is 5.45. The third-order valence-electron chi connectivity index (χ3n) is 2.65. The van der Waals surface area contributed by atoms with Gasteiger partial charge in [0.1, 0.15) is 0 Å². The van der Waals surface area contributed by atoms with Gasteiger partial charge in [0.2, 0.25) is 0 Å². The van der Waals surface area contributed by atoms with Gasteiger partial charge in [-0.2, -0.15) is 13.2 Å². The van der Waals surface area contributed by atoms with Crippen LogP contribution in [0.4, 0.5) is 18.9 Å². The maximum absolute atomic E-state index is 12.6. The fourth-order valence-electron chi connectivity index (χ4n) is 1.66. The van der Waals surface area contributed by atoms with Crippen LogP contribution in [0, 0.1) is 0 Å². The summed E-state index contributed by atoms with van der Waals surface area (Å²) >= 11 is 0. The molecule has 0 fully saturated rings. The van der Waals surface area contributed by atoms with Gasteiger partial charge < -0.3 is 10.8 Å². The van der Waals surface area contributed by atoms with Crippen LogP contribution in [0.25, 0.3) is 11.3 Å². The van der Waals surface area contributed by atoms with E-state index in [4.69, 9.17) is 10.8 Å². The lowest BCUT2D eigenvalue weighted by Gasteiger charge is -2.09. The summed E-state index contributed by atoms with van der Waals surface area (Å²) in [5.74, 6) is -1.27. The fourth-order valence-corrected chi connectivity index (χ4v) is 1.66. The average molecular weight is 282 g/mol. The van der Waals surface area contributed by atoms with Crippen LogP contribution in [0.3, 0.4) is 0 Å². The largest absolute Gasteiger partial charge is 0.478 e. The summed E-state index contributed by atoms with van der Waals surface area (Å²) in [7, 11) is 0. The Bertz CT molecular complexity index is 669. The Morgan fingerprint density at radius 1 is 1.25 bits per heavy atom. The van der Waals surface area contributed by atoms with Gasteiger partial charge in [0, 0.05) is 5.56 Å². The zero-order valence-electron chi connectivity index (χ0n) is 9.98. The monoisotopic (exact) mass is 282 g/mol. The summed E-state index contributed by atoms with van der Waals surface area (Å²) in [4.78, 5) is 14.8. The number of carboxylic acid groups (broad SMARTS) is 1. The molecule has 104 valence electrons. The van der Waals surface area contributed by atoms with Crippen LogP contribution in [0.15, 0.2) is 36.5 Å². The molecule has 0 saturated carbocycles. The van der Waals surface area contributed by atoms with Gasteiger partial charge in [-0.25, -0.2) is 4.79 Å². The van der Waals surface area contributed by atoms with E-state index < -0.39 is 17.7 Å². The number of halogens is 3. The normalized spacial score (nSPS) is 11.3. The maximum atomic E-state index is 12.6. The number of nitrogen functional groups attached to an aromatic ring is 1. The lowest BCUT2D eigenvalue weighted by atomic mass is 10.1. The predicted octanol–water partition coefficient (Wildman–Crippen LogP) is 3.05. The van der Waals surface area contributed by atoms with Crippen molar-refractivity contribution in [2.45, 2.75) is 6.18 Å². The summed E-state index contributed by atoms with van der Waals surface area (Å²) in [5.41, 5.74) is 4.65. The minimum Gasteiger partial charge on any atom is -0.478 e. The molecule has 0 bridgehead atoms. The number of nitrogens with zero attached hydrogens (tertiary/aromatic N) is 1. The van der Waals surface area contributed by atoms with Crippen molar-refractivity contribution >= 4 is 11.7 Å². The quantitative estimate of drug-likeness (QED) is 0.887. The standard InChI is InChI=1S/C13H9F3N2O2/c14-13(15,16)8-3-1-2-7(4-8)11-5-9(12(19)20)10(17)6-18-11/h1-6H,17H2,(H,19,20). The number of rotatable bonds is 2. The summed E-state index contributed by atoms with van der Waals surface area (Å²) in [6.45, 7) is 0. The Kier molecular flexibility index (Phi) is 3.35. The van der Waals surface area contributed by atoms with Gasteiger partial charge in [0.05, 0.1) is 28.7 Å². The molecule has 0 saturated heterocycles. The number of benzene rings is 1. The molecule has 1 heterocycles. The highest BCUT2D eigenvalue weighted by atomic mass is 19.4. The number of aromatic nitrogens is 1. The van der Waals surface area contributed by atoms with Crippen molar-refractivity contribution in [3.8, 4) is 11.3 Å². The van der Waals surface area contributed by atoms with E-state index in [0.29, 0.717) is 0 Å². The second-order valence-electron chi connectivity index (χ2n) is 4.04. The molecule has 1 aromatic carbocycles. The number of alkyl halides is 3. The molecule has 0 amide bonds. The highest BCUT2D eigenvalue weighted by Gasteiger charge is 2.30. The molecule has 0 spiro atoms. The van der Waals surface area contributed by atoms with Gasteiger partial charge in [0.25, 0.3) is 0 Å². The fraction of sp³-hybridized carbons (Fsp3) is 0.0769. The number of nitrogens with two attached hydrogens (primary N) is 1. The number of aromatic carboxylic acids is 1. The zero-order chi connectivity index (χ0) is 14.9. The smallest absolute Gasteiger partial charge is 0.416 e. The number of carbonyl (C=O) groups is 1. The van der Waals surface area contributed by atoms with Crippen molar-refractivity contribution < 1.29 is 23.1 Å². The number of pyridine rings is 1. The van der Waals surface area contributed by atoms with Gasteiger partial charge in [-0.05, 0) is 18.2 Å². The van der Waals surface area contributed by atoms with E-state index >= 15 is 0 Å². The van der Waals surface area contributed by atoms with Crippen molar-refractivity contribution in [1.82, 2.24) is 4.98 Å². The van der Waals surface area contributed by atoms with Crippen LogP contribution < -0.4 is 5.73 Å². The number of carboxylic acids is 1. The van der Waals surface area contributed by atoms with E-state index in [1.807, 2.05) is 0 Å². The van der Waals surface area contributed by atoms with Crippen LogP contribution in [0.2, 0.25) is 0 Å². The maximum Gasteiger partial charge on any atom is 0.416 e. The van der Waals surface area contributed by atoms with Crippen molar-refractivity contribution in [2.75, 3.05) is 5.73 Å². The number of hydrogen-bond acceptors (Lipinski definition) is 3. The third-order valence-corrected chi connectivity index (χ3v) is 2.65. The molecule has 0 atom stereocenters. The molecular formula is C13H9F3N2O2. The molecule has 0 radical (unpaired) electrons. The lowest BCUT2D eigenvalue weighted by molar-refractivity contribution is -0.137. The lowest BCUT2D eigenvalue weighted by Crippen LogP contribution is -2.06. The van der Waals surface area contributed by atoms with E-state index in [2.05, 4.69) is 4.98 Å². The Morgan fingerprint density at radius 2 is 1.95 bits per heavy atom. The van der Waals surface area contributed by atoms with Gasteiger partial charge in [-0.3, -0.25) is 4.98 Å². The number of anilines is 1. The van der Waals surface area contributed by atoms with Crippen molar-refractivity contribution in [2.24, 2.45) is 0 Å². The molecule has 2 rings (SSSR count). The molecule has 2 aromatic rings. The third kappa shape index (κ3) is 2.71. The first-order chi connectivity index (χ1) is 9.29. The minimum absolute atomic E-state index is 0.0479. The van der Waals surface area contributed by atoms with E-state index in [1.165, 1.54) is 12.1 Å². The number of hydrogen-bond donors (Lipinski definition) is 2. The van der Waals surface area contributed by atoms with E-state index in [1.54, 1.807) is 0 Å². The molecular weight excluding hydrogens is 273 g/mol. The Balaban J connectivity index is 2.52. The summed E-state index contributed by atoms with van der Waals surface area (Å²) in [6.07, 6.45) is -3.36. The van der Waals surface area contributed by atoms with Crippen LogP contribution in [0.5, 0.6) is 0 Å². The zero-order valence-corrected chi connectivity index (χ0v) is 9.98. The highest BCUT2D eigenvalue weighted by molar-refractivity contribution is 5.94. The molecule has 1 aromatic heterocycles. The molecule has 7 heteroatoms. The predicted molar refractivity (Wildman–Crippen MR) is 66.0 cm³/mol. The topological polar surface area (TPSA) is 76.2 Å². The first kappa shape index (κ1) is 13.9. The van der Waals surface area contributed by atoms with Gasteiger partial charge in [-0.15, -0.1) is 0 Å². The van der Waals surface area contributed by atoms with Gasteiger partial charge in [0.15, 0.2) is 0 Å². The van der Waals surface area contributed by atoms with E-state index in [-0.39, 0.29) is 22.5 Å². The van der Waals surface area contributed by atoms with Gasteiger partial charge in [-0.1, -0.05) is 12.1 Å². The molecule has 0 aliphatic rings. The Labute approximate surface area is 111 Å². The summed E-state index contributed by atoms with van der Waals surface area (Å²) in [6, 6.07) is 5.63. The first-order valence-electron chi connectivity index (χ1n) is 5.45. The highest BCUT2D eigenvalue weighted by Crippen LogP contribution is 2.32. The molecule has 0 unspecified atom stereocenters. The van der Waals surface area contributed by atoms with Crippen LogP contribution in [-0.2, 0) is 6.18 Å². The average Bonchev–Trinajstić information content (AvgIpc) is 2.38. The molecule has 0 aliphatic carbocycles. The van der Waals surface area contributed by atoms with Crippen molar-refractivity contribution in [3.05, 3.63) is 47.7 Å². The molecule has 20 heavy (non-hydrogen) atoms. The van der Waals surface area contributed by atoms with Crippen molar-refractivity contribution in [3.63, 3.8) is 0 Å². The second-order valence-corrected chi connectivity index (χ2v) is 4.04. The van der Waals surface area contributed by atoms with Gasteiger partial charge >= 0.3 is 12.1 Å². The van der Waals surface area contributed by atoms with Crippen LogP contribution in [0.1, 0.15) is 15.9 Å². The Morgan fingerprint density at radius 3 is 2.55 bits per heavy atom. The Hall–Kier alpha value is -2.57. The second kappa shape index (κ2) is 4.84. The SMILES string of the molecule is Nc1cnc(-c2cccc(C(F)(F)F)c2)cc1C(=O)O. The van der Waals surface area contributed by atoms with Crippen LogP contribution >= 0.6 is 0 Å². The summed E-state index contributed by atoms with van der Waals surface area (Å²) in [5, 5.41) is 8.93.